The van der Waals surface area contributed by atoms with Crippen molar-refractivity contribution in [2.75, 3.05) is 20.3 Å². The molecule has 166 valence electrons. The summed E-state index contributed by atoms with van der Waals surface area (Å²) in [5, 5.41) is 12.5. The third-order valence-electron chi connectivity index (χ3n) is 6.09. The van der Waals surface area contributed by atoms with Crippen molar-refractivity contribution in [1.82, 2.24) is 10.2 Å². The van der Waals surface area contributed by atoms with Gasteiger partial charge >= 0.3 is 0 Å². The molecule has 1 heterocycles. The van der Waals surface area contributed by atoms with Gasteiger partial charge in [0.25, 0.3) is 5.91 Å². The summed E-state index contributed by atoms with van der Waals surface area (Å²) < 4.78 is 5.10. The predicted molar refractivity (Wildman–Crippen MR) is 120 cm³/mol. The Labute approximate surface area is 184 Å². The van der Waals surface area contributed by atoms with Gasteiger partial charge in [0.05, 0.1) is 18.1 Å². The van der Waals surface area contributed by atoms with E-state index >= 15 is 0 Å². The van der Waals surface area contributed by atoms with E-state index in [2.05, 4.69) is 5.32 Å². The van der Waals surface area contributed by atoms with Crippen molar-refractivity contribution in [3.8, 4) is 0 Å². The SMILES string of the molecule is COCCCNC(=O)[C@@]1(C)c2ccccc2C(=O)N(C(C)C)[C@H]1c1ccc(CO)cc1. The number of aliphatic hydroxyl groups is 1. The maximum atomic E-state index is 13.7. The second-order valence-corrected chi connectivity index (χ2v) is 8.46. The lowest BCUT2D eigenvalue weighted by molar-refractivity contribution is -0.129. The Hall–Kier alpha value is -2.70. The molecule has 0 fully saturated rings. The van der Waals surface area contributed by atoms with E-state index < -0.39 is 11.5 Å². The first kappa shape index (κ1) is 23.0. The Kier molecular flexibility index (Phi) is 7.13. The van der Waals surface area contributed by atoms with Crippen molar-refractivity contribution < 1.29 is 19.4 Å². The summed E-state index contributed by atoms with van der Waals surface area (Å²) in [7, 11) is 1.64. The first-order valence-electron chi connectivity index (χ1n) is 10.7. The van der Waals surface area contributed by atoms with Gasteiger partial charge in [-0.3, -0.25) is 9.59 Å². The van der Waals surface area contributed by atoms with Gasteiger partial charge < -0.3 is 20.1 Å². The monoisotopic (exact) mass is 424 g/mol. The van der Waals surface area contributed by atoms with E-state index in [-0.39, 0.29) is 24.5 Å². The molecule has 0 aliphatic carbocycles. The van der Waals surface area contributed by atoms with Crippen LogP contribution < -0.4 is 5.32 Å². The molecule has 1 aliphatic heterocycles. The molecule has 2 atom stereocenters. The first-order chi connectivity index (χ1) is 14.9. The van der Waals surface area contributed by atoms with Gasteiger partial charge in [-0.15, -0.1) is 0 Å². The van der Waals surface area contributed by atoms with Crippen LogP contribution in [0.15, 0.2) is 48.5 Å². The highest BCUT2D eigenvalue weighted by atomic mass is 16.5. The Morgan fingerprint density at radius 3 is 2.48 bits per heavy atom. The highest BCUT2D eigenvalue weighted by Gasteiger charge is 2.53. The zero-order valence-corrected chi connectivity index (χ0v) is 18.7. The van der Waals surface area contributed by atoms with Gasteiger partial charge in [-0.05, 0) is 49.9 Å². The fourth-order valence-electron chi connectivity index (χ4n) is 4.48. The van der Waals surface area contributed by atoms with Crippen molar-refractivity contribution in [2.24, 2.45) is 0 Å². The summed E-state index contributed by atoms with van der Waals surface area (Å²) >= 11 is 0. The molecule has 0 aromatic heterocycles. The van der Waals surface area contributed by atoms with Gasteiger partial charge in [0.15, 0.2) is 0 Å². The topological polar surface area (TPSA) is 78.9 Å². The van der Waals surface area contributed by atoms with Crippen LogP contribution in [-0.2, 0) is 21.6 Å². The predicted octanol–water partition coefficient (Wildman–Crippen LogP) is 3.19. The number of rotatable bonds is 8. The van der Waals surface area contributed by atoms with E-state index in [9.17, 15) is 14.7 Å². The maximum Gasteiger partial charge on any atom is 0.254 e. The number of carbonyl (C=O) groups is 2. The van der Waals surface area contributed by atoms with E-state index in [1.54, 1.807) is 13.2 Å². The average Bonchev–Trinajstić information content (AvgIpc) is 2.78. The number of carbonyl (C=O) groups excluding carboxylic acids is 2. The number of ether oxygens (including phenoxy) is 1. The van der Waals surface area contributed by atoms with E-state index in [1.165, 1.54) is 0 Å². The second-order valence-electron chi connectivity index (χ2n) is 8.46. The number of aliphatic hydroxyl groups excluding tert-OH is 1. The van der Waals surface area contributed by atoms with Crippen LogP contribution in [0.25, 0.3) is 0 Å². The fourth-order valence-corrected chi connectivity index (χ4v) is 4.48. The fraction of sp³-hybridized carbons (Fsp3) is 0.440. The van der Waals surface area contributed by atoms with E-state index in [0.29, 0.717) is 25.1 Å². The molecular formula is C25H32N2O4. The van der Waals surface area contributed by atoms with Crippen LogP contribution >= 0.6 is 0 Å². The van der Waals surface area contributed by atoms with Crippen molar-refractivity contribution >= 4 is 11.8 Å². The largest absolute Gasteiger partial charge is 0.392 e. The second kappa shape index (κ2) is 9.62. The summed E-state index contributed by atoms with van der Waals surface area (Å²) in [6.07, 6.45) is 0.711. The average molecular weight is 425 g/mol. The minimum Gasteiger partial charge on any atom is -0.392 e. The number of benzene rings is 2. The zero-order chi connectivity index (χ0) is 22.6. The van der Waals surface area contributed by atoms with E-state index in [0.717, 1.165) is 16.7 Å². The van der Waals surface area contributed by atoms with Crippen LogP contribution in [0.1, 0.15) is 60.3 Å². The summed E-state index contributed by atoms with van der Waals surface area (Å²) in [6.45, 7) is 6.87. The minimum atomic E-state index is -0.984. The molecule has 0 radical (unpaired) electrons. The quantitative estimate of drug-likeness (QED) is 0.638. The molecule has 0 saturated heterocycles. The van der Waals surface area contributed by atoms with Crippen LogP contribution in [-0.4, -0.2) is 48.1 Å². The molecule has 3 rings (SSSR count). The molecule has 1 aliphatic rings. The first-order valence-corrected chi connectivity index (χ1v) is 10.7. The molecule has 0 saturated carbocycles. The van der Waals surface area contributed by atoms with E-state index in [4.69, 9.17) is 4.74 Å². The normalized spacial score (nSPS) is 20.6. The molecular weight excluding hydrogens is 392 g/mol. The van der Waals surface area contributed by atoms with Gasteiger partial charge in [0.1, 0.15) is 0 Å². The number of amides is 2. The summed E-state index contributed by atoms with van der Waals surface area (Å²) in [4.78, 5) is 29.0. The Bertz CT molecular complexity index is 925. The smallest absolute Gasteiger partial charge is 0.254 e. The number of hydrogen-bond donors (Lipinski definition) is 2. The molecule has 6 heteroatoms. The van der Waals surface area contributed by atoms with Gasteiger partial charge in [0.2, 0.25) is 5.91 Å². The molecule has 2 N–H and O–H groups in total. The number of hydrogen-bond acceptors (Lipinski definition) is 4. The molecule has 2 amide bonds. The summed E-state index contributed by atoms with van der Waals surface area (Å²) in [5.41, 5.74) is 1.96. The zero-order valence-electron chi connectivity index (χ0n) is 18.7. The van der Waals surface area contributed by atoms with Crippen molar-refractivity contribution in [3.63, 3.8) is 0 Å². The van der Waals surface area contributed by atoms with Gasteiger partial charge in [-0.2, -0.15) is 0 Å². The number of methoxy groups -OCH3 is 1. The molecule has 0 unspecified atom stereocenters. The summed E-state index contributed by atoms with van der Waals surface area (Å²) in [5.74, 6) is -0.197. The summed E-state index contributed by atoms with van der Waals surface area (Å²) in [6, 6.07) is 14.3. The third-order valence-corrected chi connectivity index (χ3v) is 6.09. The highest BCUT2D eigenvalue weighted by Crippen LogP contribution is 2.48. The van der Waals surface area contributed by atoms with Gasteiger partial charge in [-0.25, -0.2) is 0 Å². The lowest BCUT2D eigenvalue weighted by Gasteiger charge is -2.49. The molecule has 31 heavy (non-hydrogen) atoms. The Morgan fingerprint density at radius 1 is 1.19 bits per heavy atom. The van der Waals surface area contributed by atoms with Crippen LogP contribution in [0.3, 0.4) is 0 Å². The molecule has 2 aromatic rings. The van der Waals surface area contributed by atoms with Crippen molar-refractivity contribution in [2.45, 2.75) is 51.3 Å². The van der Waals surface area contributed by atoms with Crippen molar-refractivity contribution in [1.29, 1.82) is 0 Å². The van der Waals surface area contributed by atoms with E-state index in [1.807, 2.05) is 68.1 Å². The third kappa shape index (κ3) is 4.23. The standard InChI is InChI=1S/C25H32N2O4/c1-17(2)27-22(19-12-10-18(16-28)11-13-19)25(3,24(30)26-14-7-15-31-4)21-9-6-5-8-20(21)23(27)29/h5-6,8-13,17,22,28H,7,14-16H2,1-4H3,(H,26,30)/t22-,25-/m0/s1. The van der Waals surface area contributed by atoms with Gasteiger partial charge in [-0.1, -0.05) is 42.5 Å². The Balaban J connectivity index is 2.15. The van der Waals surface area contributed by atoms with Gasteiger partial charge in [0, 0.05) is 31.9 Å². The van der Waals surface area contributed by atoms with Crippen LogP contribution in [0, 0.1) is 0 Å². The lowest BCUT2D eigenvalue weighted by Crippen LogP contribution is -2.58. The highest BCUT2D eigenvalue weighted by molar-refractivity contribution is 6.03. The van der Waals surface area contributed by atoms with Crippen LogP contribution in [0.4, 0.5) is 0 Å². The number of nitrogens with zero attached hydrogens (tertiary/aromatic N) is 1. The molecule has 0 spiro atoms. The number of fused-ring (bicyclic) bond motifs is 1. The van der Waals surface area contributed by atoms with Crippen LogP contribution in [0.5, 0.6) is 0 Å². The Morgan fingerprint density at radius 2 is 1.87 bits per heavy atom. The molecule has 0 bridgehead atoms. The number of nitrogens with one attached hydrogen (secondary N) is 1. The van der Waals surface area contributed by atoms with Crippen LogP contribution in [0.2, 0.25) is 0 Å². The minimum absolute atomic E-state index is 0.0577. The molecule has 2 aromatic carbocycles. The lowest BCUT2D eigenvalue weighted by atomic mass is 9.67. The van der Waals surface area contributed by atoms with Crippen molar-refractivity contribution in [3.05, 3.63) is 70.8 Å². The molecule has 6 nitrogen and oxygen atoms in total. The maximum absolute atomic E-state index is 13.7.